The molecule has 0 heterocycles. The van der Waals surface area contributed by atoms with Crippen LogP contribution in [0.4, 0.5) is 0 Å². The molecule has 0 aliphatic rings. The van der Waals surface area contributed by atoms with Crippen molar-refractivity contribution in [2.75, 3.05) is 33.5 Å². The maximum atomic E-state index is 11.0. The molecular formula is C14H22O6S. The van der Waals surface area contributed by atoms with Gasteiger partial charge in [0.05, 0.1) is 24.2 Å². The zero-order chi connectivity index (χ0) is 15.7. The quantitative estimate of drug-likeness (QED) is 0.525. The number of ether oxygens (including phenoxy) is 3. The van der Waals surface area contributed by atoms with Crippen molar-refractivity contribution in [3.05, 3.63) is 29.8 Å². The van der Waals surface area contributed by atoms with Gasteiger partial charge in [-0.1, -0.05) is 12.1 Å². The normalized spacial score (nSPS) is 13.3. The summed E-state index contributed by atoms with van der Waals surface area (Å²) in [5, 5.41) is 0. The van der Waals surface area contributed by atoms with Gasteiger partial charge in [-0.05, 0) is 24.6 Å². The summed E-state index contributed by atoms with van der Waals surface area (Å²) in [6, 6.07) is 5.98. The molecule has 1 rings (SSSR count). The summed E-state index contributed by atoms with van der Waals surface area (Å²) in [5.74, 6) is 0. The lowest BCUT2D eigenvalue weighted by Gasteiger charge is -2.18. The second kappa shape index (κ2) is 9.11. The third-order valence-electron chi connectivity index (χ3n) is 2.88. The predicted octanol–water partition coefficient (Wildman–Crippen LogP) is 2.06. The molecule has 21 heavy (non-hydrogen) atoms. The smallest absolute Gasteiger partial charge is 0.294 e. The first-order chi connectivity index (χ1) is 9.99. The minimum absolute atomic E-state index is 0.133. The van der Waals surface area contributed by atoms with Gasteiger partial charge in [0.1, 0.15) is 0 Å². The average Bonchev–Trinajstić information content (AvgIpc) is 2.45. The van der Waals surface area contributed by atoms with Crippen molar-refractivity contribution in [3.8, 4) is 0 Å². The van der Waals surface area contributed by atoms with Gasteiger partial charge in [0.15, 0.2) is 0 Å². The molecule has 0 amide bonds. The zero-order valence-corrected chi connectivity index (χ0v) is 13.1. The lowest BCUT2D eigenvalue weighted by atomic mass is 10.1. The van der Waals surface area contributed by atoms with Crippen LogP contribution in [-0.2, 0) is 24.3 Å². The Labute approximate surface area is 125 Å². The van der Waals surface area contributed by atoms with E-state index in [1.165, 1.54) is 12.1 Å². The fourth-order valence-electron chi connectivity index (χ4n) is 1.81. The highest BCUT2D eigenvalue weighted by Gasteiger charge is 2.14. The van der Waals surface area contributed by atoms with Crippen molar-refractivity contribution < 1.29 is 27.2 Å². The van der Waals surface area contributed by atoms with E-state index in [0.717, 1.165) is 5.56 Å². The summed E-state index contributed by atoms with van der Waals surface area (Å²) in [4.78, 5) is -0.133. The van der Waals surface area contributed by atoms with Crippen LogP contribution >= 0.6 is 0 Å². The summed E-state index contributed by atoms with van der Waals surface area (Å²) in [6.07, 6.45) is 0.449. The van der Waals surface area contributed by atoms with Crippen LogP contribution in [-0.4, -0.2) is 46.5 Å². The molecule has 1 atom stereocenters. The second-order valence-electron chi connectivity index (χ2n) is 4.38. The molecule has 0 bridgehead atoms. The Balaban J connectivity index is 2.76. The van der Waals surface area contributed by atoms with Gasteiger partial charge in [0.25, 0.3) is 10.1 Å². The third kappa shape index (κ3) is 6.54. The Kier molecular flexibility index (Phi) is 7.84. The van der Waals surface area contributed by atoms with E-state index >= 15 is 0 Å². The van der Waals surface area contributed by atoms with Crippen LogP contribution in [0, 0.1) is 0 Å². The Hall–Kier alpha value is -0.990. The monoisotopic (exact) mass is 318 g/mol. The first kappa shape index (κ1) is 18.1. The summed E-state index contributed by atoms with van der Waals surface area (Å²) in [5.41, 5.74) is 0.832. The van der Waals surface area contributed by atoms with Crippen LogP contribution in [0.25, 0.3) is 0 Å². The fraction of sp³-hybridized carbons (Fsp3) is 0.571. The van der Waals surface area contributed by atoms with Gasteiger partial charge in [-0.3, -0.25) is 4.55 Å². The second-order valence-corrected chi connectivity index (χ2v) is 5.80. The van der Waals surface area contributed by atoms with E-state index in [9.17, 15) is 8.42 Å². The molecular weight excluding hydrogens is 296 g/mol. The molecule has 0 saturated heterocycles. The highest BCUT2D eigenvalue weighted by atomic mass is 32.2. The molecule has 1 aromatic carbocycles. The summed E-state index contributed by atoms with van der Waals surface area (Å²) < 4.78 is 47.0. The molecule has 6 nitrogen and oxygen atoms in total. The SMILES string of the molecule is CCOCCC(OCCOC)c1ccc(S(=O)(=O)O)cc1. The summed E-state index contributed by atoms with van der Waals surface area (Å²) >= 11 is 0. The lowest BCUT2D eigenvalue weighted by Crippen LogP contribution is -2.12. The molecule has 120 valence electrons. The molecule has 0 fully saturated rings. The minimum Gasteiger partial charge on any atom is -0.382 e. The number of hydrogen-bond donors (Lipinski definition) is 1. The number of benzene rings is 1. The van der Waals surface area contributed by atoms with Crippen LogP contribution in [0.2, 0.25) is 0 Å². The van der Waals surface area contributed by atoms with E-state index in [-0.39, 0.29) is 11.0 Å². The van der Waals surface area contributed by atoms with Crippen LogP contribution < -0.4 is 0 Å². The maximum absolute atomic E-state index is 11.0. The third-order valence-corrected chi connectivity index (χ3v) is 3.75. The largest absolute Gasteiger partial charge is 0.382 e. The standard InChI is InChI=1S/C14H22O6S/c1-3-19-9-8-14(20-11-10-18-2)12-4-6-13(7-5-12)21(15,16)17/h4-7,14H,3,8-11H2,1-2H3,(H,15,16,17). The van der Waals surface area contributed by atoms with Gasteiger partial charge in [-0.15, -0.1) is 0 Å². The van der Waals surface area contributed by atoms with E-state index in [2.05, 4.69) is 0 Å². The van der Waals surface area contributed by atoms with Gasteiger partial charge in [-0.25, -0.2) is 0 Å². The Morgan fingerprint density at radius 3 is 2.33 bits per heavy atom. The topological polar surface area (TPSA) is 82.1 Å². The van der Waals surface area contributed by atoms with Crippen LogP contribution in [0.3, 0.4) is 0 Å². The lowest BCUT2D eigenvalue weighted by molar-refractivity contribution is -0.00291. The van der Waals surface area contributed by atoms with Gasteiger partial charge in [0.2, 0.25) is 0 Å². The Morgan fingerprint density at radius 2 is 1.81 bits per heavy atom. The van der Waals surface area contributed by atoms with Crippen molar-refractivity contribution in [1.29, 1.82) is 0 Å². The molecule has 1 unspecified atom stereocenters. The fourth-order valence-corrected chi connectivity index (χ4v) is 2.29. The van der Waals surface area contributed by atoms with Crippen molar-refractivity contribution in [3.63, 3.8) is 0 Å². The molecule has 0 saturated carbocycles. The van der Waals surface area contributed by atoms with Gasteiger partial charge >= 0.3 is 0 Å². The van der Waals surface area contributed by atoms with Crippen molar-refractivity contribution in [1.82, 2.24) is 0 Å². The number of rotatable bonds is 10. The van der Waals surface area contributed by atoms with Crippen molar-refractivity contribution in [2.24, 2.45) is 0 Å². The highest BCUT2D eigenvalue weighted by molar-refractivity contribution is 7.85. The first-order valence-electron chi connectivity index (χ1n) is 6.74. The zero-order valence-electron chi connectivity index (χ0n) is 12.3. The molecule has 0 aliphatic carbocycles. The van der Waals surface area contributed by atoms with Crippen molar-refractivity contribution >= 4 is 10.1 Å². The summed E-state index contributed by atoms with van der Waals surface area (Å²) in [6.45, 7) is 4.02. The first-order valence-corrected chi connectivity index (χ1v) is 8.18. The van der Waals surface area contributed by atoms with E-state index in [0.29, 0.717) is 32.8 Å². The van der Waals surface area contributed by atoms with Crippen molar-refractivity contribution in [2.45, 2.75) is 24.3 Å². The minimum atomic E-state index is -4.17. The van der Waals surface area contributed by atoms with E-state index in [1.54, 1.807) is 19.2 Å². The predicted molar refractivity (Wildman–Crippen MR) is 77.9 cm³/mol. The van der Waals surface area contributed by atoms with E-state index in [4.69, 9.17) is 18.8 Å². The Morgan fingerprint density at radius 1 is 1.14 bits per heavy atom. The molecule has 0 spiro atoms. The molecule has 7 heteroatoms. The van der Waals surface area contributed by atoms with E-state index in [1.807, 2.05) is 6.92 Å². The van der Waals surface area contributed by atoms with Crippen LogP contribution in [0.15, 0.2) is 29.2 Å². The molecule has 0 aromatic heterocycles. The van der Waals surface area contributed by atoms with Gasteiger partial charge in [0, 0.05) is 26.7 Å². The average molecular weight is 318 g/mol. The van der Waals surface area contributed by atoms with Crippen LogP contribution in [0.1, 0.15) is 25.0 Å². The number of hydrogen-bond acceptors (Lipinski definition) is 5. The maximum Gasteiger partial charge on any atom is 0.294 e. The molecule has 0 radical (unpaired) electrons. The number of methoxy groups -OCH3 is 1. The van der Waals surface area contributed by atoms with Gasteiger partial charge in [-0.2, -0.15) is 8.42 Å². The molecule has 1 aromatic rings. The molecule has 1 N–H and O–H groups in total. The highest BCUT2D eigenvalue weighted by Crippen LogP contribution is 2.23. The van der Waals surface area contributed by atoms with E-state index < -0.39 is 10.1 Å². The Bertz CT molecular complexity index is 487. The summed E-state index contributed by atoms with van der Waals surface area (Å²) in [7, 11) is -2.58. The van der Waals surface area contributed by atoms with Crippen LogP contribution in [0.5, 0.6) is 0 Å². The molecule has 0 aliphatic heterocycles. The van der Waals surface area contributed by atoms with Gasteiger partial charge < -0.3 is 14.2 Å².